The highest BCUT2D eigenvalue weighted by Crippen LogP contribution is 2.22. The molecule has 2 heterocycles. The quantitative estimate of drug-likeness (QED) is 0.483. The van der Waals surface area contributed by atoms with Crippen LogP contribution in [-0.2, 0) is 12.3 Å². The molecule has 0 fully saturated rings. The van der Waals surface area contributed by atoms with Crippen molar-refractivity contribution in [1.29, 1.82) is 5.26 Å². The molecule has 4 aromatic rings. The van der Waals surface area contributed by atoms with Gasteiger partial charge in [0.25, 0.3) is 5.56 Å². The highest BCUT2D eigenvalue weighted by Gasteiger charge is 2.14. The molecule has 0 aliphatic heterocycles. The summed E-state index contributed by atoms with van der Waals surface area (Å²) in [6.45, 7) is 1.95. The normalized spacial score (nSPS) is 10.9. The molecule has 0 radical (unpaired) electrons. The van der Waals surface area contributed by atoms with Crippen molar-refractivity contribution >= 4 is 22.7 Å². The first-order valence-electron chi connectivity index (χ1n) is 8.51. The van der Waals surface area contributed by atoms with E-state index in [1.54, 1.807) is 22.9 Å². The Morgan fingerprint density at radius 3 is 2.71 bits per heavy atom. The average Bonchev–Trinajstić information content (AvgIpc) is 3.18. The lowest BCUT2D eigenvalue weighted by Gasteiger charge is -2.10. The van der Waals surface area contributed by atoms with Crippen molar-refractivity contribution in [2.24, 2.45) is 0 Å². The largest absolute Gasteiger partial charge is 0.281 e. The van der Waals surface area contributed by atoms with Crippen molar-refractivity contribution in [3.8, 4) is 11.8 Å². The van der Waals surface area contributed by atoms with E-state index in [1.165, 1.54) is 16.3 Å². The fourth-order valence-corrected chi connectivity index (χ4v) is 3.64. The SMILES string of the molecule is Cc1ccc(-n2nnnc2SCc2nc3ccccc3c(=O)n2CC#N)cc1. The van der Waals surface area contributed by atoms with Gasteiger partial charge in [-0.05, 0) is 41.6 Å². The Morgan fingerprint density at radius 2 is 1.93 bits per heavy atom. The summed E-state index contributed by atoms with van der Waals surface area (Å²) in [6, 6.07) is 17.0. The topological polar surface area (TPSA) is 102 Å². The van der Waals surface area contributed by atoms with E-state index in [-0.39, 0.29) is 12.1 Å². The van der Waals surface area contributed by atoms with Crippen LogP contribution in [0.5, 0.6) is 0 Å². The number of thioether (sulfide) groups is 1. The molecular weight excluding hydrogens is 374 g/mol. The zero-order chi connectivity index (χ0) is 19.5. The maximum Gasteiger partial charge on any atom is 0.262 e. The summed E-state index contributed by atoms with van der Waals surface area (Å²) in [4.78, 5) is 17.3. The smallest absolute Gasteiger partial charge is 0.262 e. The molecule has 0 aliphatic rings. The summed E-state index contributed by atoms with van der Waals surface area (Å²) >= 11 is 1.36. The molecule has 138 valence electrons. The molecule has 2 aromatic heterocycles. The number of aryl methyl sites for hydroxylation is 1. The van der Waals surface area contributed by atoms with Gasteiger partial charge in [-0.25, -0.2) is 4.98 Å². The Hall–Kier alpha value is -3.51. The van der Waals surface area contributed by atoms with Gasteiger partial charge >= 0.3 is 0 Å². The van der Waals surface area contributed by atoms with Gasteiger partial charge in [-0.15, -0.1) is 5.10 Å². The lowest BCUT2D eigenvalue weighted by atomic mass is 10.2. The maximum atomic E-state index is 12.7. The molecule has 4 rings (SSSR count). The monoisotopic (exact) mass is 389 g/mol. The van der Waals surface area contributed by atoms with Crippen LogP contribution in [0.2, 0.25) is 0 Å². The maximum absolute atomic E-state index is 12.7. The van der Waals surface area contributed by atoms with Crippen LogP contribution < -0.4 is 5.56 Å². The summed E-state index contributed by atoms with van der Waals surface area (Å²) in [7, 11) is 0. The van der Waals surface area contributed by atoms with E-state index in [2.05, 4.69) is 20.5 Å². The third-order valence-corrected chi connectivity index (χ3v) is 5.13. The van der Waals surface area contributed by atoms with Crippen LogP contribution in [0.15, 0.2) is 58.5 Å². The third kappa shape index (κ3) is 3.37. The average molecular weight is 389 g/mol. The molecular formula is C19H15N7OS. The fourth-order valence-electron chi connectivity index (χ4n) is 2.80. The number of aromatic nitrogens is 6. The van der Waals surface area contributed by atoms with E-state index in [9.17, 15) is 4.79 Å². The number of benzene rings is 2. The zero-order valence-corrected chi connectivity index (χ0v) is 15.8. The van der Waals surface area contributed by atoms with Crippen molar-refractivity contribution in [3.05, 3.63) is 70.3 Å². The van der Waals surface area contributed by atoms with Crippen LogP contribution in [0.1, 0.15) is 11.4 Å². The molecule has 0 bridgehead atoms. The van der Waals surface area contributed by atoms with Gasteiger partial charge in [0, 0.05) is 0 Å². The zero-order valence-electron chi connectivity index (χ0n) is 15.0. The summed E-state index contributed by atoms with van der Waals surface area (Å²) in [5.41, 5.74) is 2.38. The second-order valence-electron chi connectivity index (χ2n) is 6.09. The van der Waals surface area contributed by atoms with Crippen LogP contribution in [0.4, 0.5) is 0 Å². The molecule has 0 saturated carbocycles. The fraction of sp³-hybridized carbons (Fsp3) is 0.158. The summed E-state index contributed by atoms with van der Waals surface area (Å²) in [5, 5.41) is 22.1. The molecule has 0 amide bonds. The van der Waals surface area contributed by atoms with Crippen LogP contribution >= 0.6 is 11.8 Å². The second kappa shape index (κ2) is 7.62. The number of nitrogens with zero attached hydrogens (tertiary/aromatic N) is 7. The van der Waals surface area contributed by atoms with Gasteiger partial charge in [-0.3, -0.25) is 9.36 Å². The number of hydrogen-bond donors (Lipinski definition) is 0. The van der Waals surface area contributed by atoms with E-state index >= 15 is 0 Å². The summed E-state index contributed by atoms with van der Waals surface area (Å²) in [6.07, 6.45) is 0. The Morgan fingerprint density at radius 1 is 1.14 bits per heavy atom. The van der Waals surface area contributed by atoms with E-state index in [4.69, 9.17) is 5.26 Å². The minimum Gasteiger partial charge on any atom is -0.281 e. The van der Waals surface area contributed by atoms with Crippen molar-refractivity contribution < 1.29 is 0 Å². The van der Waals surface area contributed by atoms with Crippen LogP contribution in [0.3, 0.4) is 0 Å². The number of tetrazole rings is 1. The first-order chi connectivity index (χ1) is 13.7. The van der Waals surface area contributed by atoms with Gasteiger partial charge in [0.15, 0.2) is 0 Å². The second-order valence-corrected chi connectivity index (χ2v) is 7.03. The highest BCUT2D eigenvalue weighted by molar-refractivity contribution is 7.98. The molecule has 9 heteroatoms. The molecule has 0 aliphatic carbocycles. The van der Waals surface area contributed by atoms with Crippen molar-refractivity contribution in [3.63, 3.8) is 0 Å². The summed E-state index contributed by atoms with van der Waals surface area (Å²) < 4.78 is 3.03. The van der Waals surface area contributed by atoms with Gasteiger partial charge in [0.2, 0.25) is 5.16 Å². The predicted molar refractivity (Wildman–Crippen MR) is 105 cm³/mol. The Bertz CT molecular complexity index is 1240. The van der Waals surface area contributed by atoms with E-state index in [1.807, 2.05) is 43.3 Å². The van der Waals surface area contributed by atoms with Crippen LogP contribution in [-0.4, -0.2) is 29.8 Å². The number of rotatable bonds is 5. The van der Waals surface area contributed by atoms with Gasteiger partial charge in [0.05, 0.1) is 28.4 Å². The van der Waals surface area contributed by atoms with E-state index in [0.29, 0.717) is 27.6 Å². The van der Waals surface area contributed by atoms with Crippen molar-refractivity contribution in [2.45, 2.75) is 24.4 Å². The molecule has 2 aromatic carbocycles. The Balaban J connectivity index is 1.68. The number of nitriles is 1. The van der Waals surface area contributed by atoms with Gasteiger partial charge in [-0.2, -0.15) is 9.94 Å². The minimum absolute atomic E-state index is 0.0601. The van der Waals surface area contributed by atoms with Crippen LogP contribution in [0, 0.1) is 18.3 Å². The molecule has 0 saturated heterocycles. The predicted octanol–water partition coefficient (Wildman–Crippen LogP) is 2.50. The molecule has 0 N–H and O–H groups in total. The first-order valence-corrected chi connectivity index (χ1v) is 9.49. The molecule has 0 unspecified atom stereocenters. The molecule has 28 heavy (non-hydrogen) atoms. The summed E-state index contributed by atoms with van der Waals surface area (Å²) in [5.74, 6) is 0.863. The van der Waals surface area contributed by atoms with Crippen molar-refractivity contribution in [2.75, 3.05) is 0 Å². The highest BCUT2D eigenvalue weighted by atomic mass is 32.2. The van der Waals surface area contributed by atoms with Gasteiger partial charge in [0.1, 0.15) is 12.4 Å². The Labute approximate surface area is 164 Å². The lowest BCUT2D eigenvalue weighted by Crippen LogP contribution is -2.24. The molecule has 0 spiro atoms. The van der Waals surface area contributed by atoms with Crippen LogP contribution in [0.25, 0.3) is 16.6 Å². The standard InChI is InChI=1S/C19H15N7OS/c1-13-6-8-14(9-7-13)26-19(22-23-24-26)28-12-17-21-16-5-3-2-4-15(16)18(27)25(17)11-10-20/h2-9H,11-12H2,1H3. The lowest BCUT2D eigenvalue weighted by molar-refractivity contribution is 0.727. The number of fused-ring (bicyclic) bond motifs is 1. The minimum atomic E-state index is -0.221. The van der Waals surface area contributed by atoms with E-state index in [0.717, 1.165) is 11.3 Å². The Kier molecular flexibility index (Phi) is 4.87. The molecule has 0 atom stereocenters. The molecule has 8 nitrogen and oxygen atoms in total. The van der Waals surface area contributed by atoms with Gasteiger partial charge < -0.3 is 0 Å². The number of para-hydroxylation sites is 1. The third-order valence-electron chi connectivity index (χ3n) is 4.22. The number of hydrogen-bond acceptors (Lipinski definition) is 7. The van der Waals surface area contributed by atoms with Gasteiger partial charge in [-0.1, -0.05) is 41.6 Å². The first kappa shape index (κ1) is 17.9. The van der Waals surface area contributed by atoms with E-state index < -0.39 is 0 Å². The van der Waals surface area contributed by atoms with Crippen molar-refractivity contribution in [1.82, 2.24) is 29.8 Å².